The Bertz CT molecular complexity index is 1040. The number of hydrogen-bond acceptors (Lipinski definition) is 7. The van der Waals surface area contributed by atoms with E-state index < -0.39 is 41.4 Å². The normalized spacial score (nSPS) is 27.6. The summed E-state index contributed by atoms with van der Waals surface area (Å²) >= 11 is 0. The maximum atomic E-state index is 12.4. The lowest BCUT2D eigenvalue weighted by atomic mass is 9.97. The molecule has 2 N–H and O–H groups in total. The number of H-pyrrole nitrogens is 1. The second-order valence-electron chi connectivity index (χ2n) is 7.82. The Morgan fingerprint density at radius 3 is 2.80 bits per heavy atom. The fraction of sp³-hybridized carbons (Fsp3) is 0.579. The quantitative estimate of drug-likeness (QED) is 0.677. The van der Waals surface area contributed by atoms with Gasteiger partial charge < -0.3 is 19.5 Å². The lowest BCUT2D eigenvalue weighted by Crippen LogP contribution is -2.54. The van der Waals surface area contributed by atoms with Crippen LogP contribution in [0.1, 0.15) is 37.2 Å². The number of fused-ring (bicyclic) bond motifs is 1. The van der Waals surface area contributed by atoms with Gasteiger partial charge in [0, 0.05) is 31.5 Å². The Morgan fingerprint density at radius 2 is 2.10 bits per heavy atom. The van der Waals surface area contributed by atoms with Gasteiger partial charge >= 0.3 is 5.69 Å². The van der Waals surface area contributed by atoms with Crippen LogP contribution in [0, 0.1) is 0 Å². The number of nitrogens with one attached hydrogen (secondary N) is 2. The number of aromatic nitrogens is 4. The number of carbonyl (C=O) groups is 1. The highest BCUT2D eigenvalue weighted by molar-refractivity contribution is 5.93. The molecule has 0 unspecified atom stereocenters. The lowest BCUT2D eigenvalue weighted by molar-refractivity contribution is -0.153. The van der Waals surface area contributed by atoms with Gasteiger partial charge in [0.2, 0.25) is 0 Å². The maximum Gasteiger partial charge on any atom is 0.328 e. The predicted molar refractivity (Wildman–Crippen MR) is 104 cm³/mol. The molecular formula is C19H25N5O6. The van der Waals surface area contributed by atoms with Crippen LogP contribution < -0.4 is 16.6 Å². The van der Waals surface area contributed by atoms with Crippen LogP contribution in [0.2, 0.25) is 0 Å². The monoisotopic (exact) mass is 419 g/mol. The molecule has 2 aromatic rings. The predicted octanol–water partition coefficient (Wildman–Crippen LogP) is -0.357. The van der Waals surface area contributed by atoms with Gasteiger partial charge in [-0.15, -0.1) is 0 Å². The lowest BCUT2D eigenvalue weighted by Gasteiger charge is -2.37. The minimum atomic E-state index is -0.877. The summed E-state index contributed by atoms with van der Waals surface area (Å²) in [6.45, 7) is 6.56. The van der Waals surface area contributed by atoms with Crippen molar-refractivity contribution in [2.45, 2.75) is 57.5 Å². The standard InChI is InChI=1S/C19H25N5O6/c1-4-23-9-11(7-21-23)17(26)20-8-13-16-15(29-19(2,3)30-16)12(10-28-13)24-6-5-14(25)22-18(24)27/h5-7,9,12-13,15-16H,4,8,10H2,1-3H3,(H,20,26)(H,22,25,27)/t12-,13-,15+,16-/m1/s1. The summed E-state index contributed by atoms with van der Waals surface area (Å²) in [6.07, 6.45) is 3.17. The summed E-state index contributed by atoms with van der Waals surface area (Å²) in [5.41, 5.74) is -0.547. The molecule has 0 aromatic carbocycles. The van der Waals surface area contributed by atoms with E-state index in [1.54, 1.807) is 24.7 Å². The number of carbonyl (C=O) groups excluding carboxylic acids is 1. The number of amides is 1. The van der Waals surface area contributed by atoms with Gasteiger partial charge in [-0.2, -0.15) is 5.10 Å². The Kier molecular flexibility index (Phi) is 5.35. The van der Waals surface area contributed by atoms with E-state index in [1.165, 1.54) is 23.0 Å². The highest BCUT2D eigenvalue weighted by Gasteiger charge is 2.52. The maximum absolute atomic E-state index is 12.4. The summed E-state index contributed by atoms with van der Waals surface area (Å²) in [5, 5.41) is 6.95. The van der Waals surface area contributed by atoms with Crippen molar-refractivity contribution in [2.24, 2.45) is 0 Å². The van der Waals surface area contributed by atoms with Crippen molar-refractivity contribution in [3.05, 3.63) is 51.1 Å². The van der Waals surface area contributed by atoms with Crippen molar-refractivity contribution in [3.8, 4) is 0 Å². The van der Waals surface area contributed by atoms with Crippen LogP contribution in [0.4, 0.5) is 0 Å². The molecule has 4 heterocycles. The molecule has 2 aliphatic rings. The molecule has 11 nitrogen and oxygen atoms in total. The van der Waals surface area contributed by atoms with Crippen LogP contribution in [0.3, 0.4) is 0 Å². The molecule has 162 valence electrons. The minimum absolute atomic E-state index is 0.168. The molecule has 0 saturated carbocycles. The summed E-state index contributed by atoms with van der Waals surface area (Å²) in [4.78, 5) is 38.3. The van der Waals surface area contributed by atoms with Crippen molar-refractivity contribution in [3.63, 3.8) is 0 Å². The van der Waals surface area contributed by atoms with Crippen molar-refractivity contribution < 1.29 is 19.0 Å². The molecule has 2 fully saturated rings. The number of hydrogen-bond donors (Lipinski definition) is 2. The molecule has 2 aromatic heterocycles. The van der Waals surface area contributed by atoms with Crippen LogP contribution in [0.25, 0.3) is 0 Å². The number of aryl methyl sites for hydroxylation is 1. The smallest absolute Gasteiger partial charge is 0.328 e. The molecule has 11 heteroatoms. The summed E-state index contributed by atoms with van der Waals surface area (Å²) < 4.78 is 21.1. The van der Waals surface area contributed by atoms with Crippen LogP contribution in [-0.4, -0.2) is 62.5 Å². The molecule has 4 atom stereocenters. The van der Waals surface area contributed by atoms with Crippen LogP contribution >= 0.6 is 0 Å². The first-order chi connectivity index (χ1) is 14.3. The Morgan fingerprint density at radius 1 is 1.33 bits per heavy atom. The summed E-state index contributed by atoms with van der Waals surface area (Å²) in [6, 6.07) is 0.802. The molecule has 0 radical (unpaired) electrons. The molecule has 2 saturated heterocycles. The first kappa shape index (κ1) is 20.5. The fourth-order valence-corrected chi connectivity index (χ4v) is 3.87. The van der Waals surface area contributed by atoms with Crippen molar-refractivity contribution >= 4 is 5.91 Å². The first-order valence-corrected chi connectivity index (χ1v) is 9.87. The average Bonchev–Trinajstić information content (AvgIpc) is 3.29. The van der Waals surface area contributed by atoms with E-state index in [1.807, 2.05) is 6.92 Å². The van der Waals surface area contributed by atoms with Gasteiger partial charge in [0.05, 0.1) is 24.4 Å². The van der Waals surface area contributed by atoms with Crippen molar-refractivity contribution in [1.82, 2.24) is 24.6 Å². The SMILES string of the molecule is CCn1cc(C(=O)NC[C@H]2OC[C@@H](n3ccc(=O)[nH]c3=O)[C@@H]3OC(C)(C)O[C@@H]32)cn1. The van der Waals surface area contributed by atoms with Gasteiger partial charge in [-0.3, -0.25) is 23.8 Å². The third-order valence-corrected chi connectivity index (χ3v) is 5.28. The average molecular weight is 419 g/mol. The second-order valence-corrected chi connectivity index (χ2v) is 7.82. The fourth-order valence-electron chi connectivity index (χ4n) is 3.87. The van der Waals surface area contributed by atoms with Gasteiger partial charge in [0.1, 0.15) is 18.3 Å². The van der Waals surface area contributed by atoms with E-state index in [0.29, 0.717) is 12.1 Å². The highest BCUT2D eigenvalue weighted by Crippen LogP contribution is 2.39. The van der Waals surface area contributed by atoms with Crippen LogP contribution in [0.5, 0.6) is 0 Å². The van der Waals surface area contributed by atoms with E-state index in [2.05, 4.69) is 15.4 Å². The van der Waals surface area contributed by atoms with Crippen molar-refractivity contribution in [1.29, 1.82) is 0 Å². The molecule has 0 aliphatic carbocycles. The third-order valence-electron chi connectivity index (χ3n) is 5.28. The molecule has 0 bridgehead atoms. The molecule has 4 rings (SSSR count). The zero-order valence-corrected chi connectivity index (χ0v) is 17.0. The number of ether oxygens (including phenoxy) is 3. The number of nitrogens with zero attached hydrogens (tertiary/aromatic N) is 3. The van der Waals surface area contributed by atoms with Gasteiger partial charge in [-0.05, 0) is 20.8 Å². The molecular weight excluding hydrogens is 394 g/mol. The van der Waals surface area contributed by atoms with E-state index in [9.17, 15) is 14.4 Å². The van der Waals surface area contributed by atoms with E-state index in [0.717, 1.165) is 0 Å². The highest BCUT2D eigenvalue weighted by atomic mass is 16.8. The van der Waals surface area contributed by atoms with E-state index in [4.69, 9.17) is 14.2 Å². The third kappa shape index (κ3) is 3.95. The molecule has 30 heavy (non-hydrogen) atoms. The number of rotatable bonds is 5. The number of aromatic amines is 1. The second kappa shape index (κ2) is 7.82. The largest absolute Gasteiger partial charge is 0.371 e. The van der Waals surface area contributed by atoms with E-state index >= 15 is 0 Å². The van der Waals surface area contributed by atoms with Gasteiger partial charge in [-0.1, -0.05) is 0 Å². The minimum Gasteiger partial charge on any atom is -0.371 e. The van der Waals surface area contributed by atoms with Crippen LogP contribution in [-0.2, 0) is 20.8 Å². The van der Waals surface area contributed by atoms with E-state index in [-0.39, 0.29) is 19.1 Å². The van der Waals surface area contributed by atoms with Gasteiger partial charge in [-0.25, -0.2) is 4.79 Å². The zero-order chi connectivity index (χ0) is 21.5. The summed E-state index contributed by atoms with van der Waals surface area (Å²) in [5.74, 6) is -1.13. The first-order valence-electron chi connectivity index (χ1n) is 9.87. The Labute approximate surface area is 171 Å². The molecule has 0 spiro atoms. The Balaban J connectivity index is 1.49. The molecule has 1 amide bonds. The topological polar surface area (TPSA) is 129 Å². The molecule has 2 aliphatic heterocycles. The van der Waals surface area contributed by atoms with Crippen LogP contribution in [0.15, 0.2) is 34.2 Å². The van der Waals surface area contributed by atoms with Gasteiger partial charge in [0.25, 0.3) is 11.5 Å². The summed E-state index contributed by atoms with van der Waals surface area (Å²) in [7, 11) is 0. The Hall–Kier alpha value is -2.76. The van der Waals surface area contributed by atoms with Gasteiger partial charge in [0.15, 0.2) is 5.79 Å². The zero-order valence-electron chi connectivity index (χ0n) is 17.0. The van der Waals surface area contributed by atoms with Crippen molar-refractivity contribution in [2.75, 3.05) is 13.2 Å².